The first-order chi connectivity index (χ1) is 17.8. The molecule has 0 unspecified atom stereocenters. The smallest absolute Gasteiger partial charge is 0.227 e. The van der Waals surface area contributed by atoms with Crippen LogP contribution in [-0.4, -0.2) is 45.5 Å². The van der Waals surface area contributed by atoms with Gasteiger partial charge in [0.25, 0.3) is 0 Å². The van der Waals surface area contributed by atoms with Crippen LogP contribution in [0.4, 0.5) is 26.1 Å². The zero-order chi connectivity index (χ0) is 26.1. The summed E-state index contributed by atoms with van der Waals surface area (Å²) in [5, 5.41) is 3.08. The lowest BCUT2D eigenvalue weighted by atomic mass is 9.95. The van der Waals surface area contributed by atoms with Gasteiger partial charge in [-0.3, -0.25) is 10.7 Å². The topological polar surface area (TPSA) is 91.6 Å². The first-order valence-corrected chi connectivity index (χ1v) is 12.3. The number of benzene rings is 2. The number of hydrogen-bond donors (Lipinski definition) is 3. The molecule has 2 atom stereocenters. The Hall–Kier alpha value is -3.76. The second-order valence-electron chi connectivity index (χ2n) is 9.58. The van der Waals surface area contributed by atoms with Crippen LogP contribution in [0.2, 0.25) is 0 Å². The van der Waals surface area contributed by atoms with Gasteiger partial charge in [0.2, 0.25) is 5.95 Å². The molecule has 0 saturated carbocycles. The van der Waals surface area contributed by atoms with Gasteiger partial charge < -0.3 is 20.4 Å². The van der Waals surface area contributed by atoms with Crippen LogP contribution >= 0.6 is 0 Å². The minimum atomic E-state index is -0.398. The fourth-order valence-electron chi connectivity index (χ4n) is 5.25. The summed E-state index contributed by atoms with van der Waals surface area (Å²) in [5.74, 6) is 5.49. The summed E-state index contributed by atoms with van der Waals surface area (Å²) in [5.41, 5.74) is 6.75. The van der Waals surface area contributed by atoms with Crippen molar-refractivity contribution in [3.05, 3.63) is 77.6 Å². The molecule has 0 amide bonds. The number of hydrogen-bond acceptors (Lipinski definition) is 8. The summed E-state index contributed by atoms with van der Waals surface area (Å²) in [7, 11) is 1.50. The fraction of sp³-hybridized carbons (Fsp3) is 0.333. The number of aromatic nitrogens is 2. The Morgan fingerprint density at radius 2 is 2.00 bits per heavy atom. The number of nitrogens with one attached hydrogen (secondary N) is 2. The lowest BCUT2D eigenvalue weighted by Gasteiger charge is -2.43. The van der Waals surface area contributed by atoms with E-state index in [0.29, 0.717) is 40.4 Å². The SMILES string of the molecule is C=C(c1ccc(NN)cc1F)N1CC[C@@H](N2Cc3cnc(Nc4cc(F)cc(OC)c4)nc3C2)C[C@H]1C. The van der Waals surface area contributed by atoms with E-state index >= 15 is 0 Å². The molecule has 2 aromatic carbocycles. The summed E-state index contributed by atoms with van der Waals surface area (Å²) in [6, 6.07) is 9.81. The Bertz CT molecular complexity index is 1320. The third-order valence-electron chi connectivity index (χ3n) is 7.20. The van der Waals surface area contributed by atoms with Crippen LogP contribution in [0.1, 0.15) is 36.6 Å². The van der Waals surface area contributed by atoms with E-state index in [9.17, 15) is 8.78 Å². The monoisotopic (exact) mass is 507 g/mol. The fourth-order valence-corrected chi connectivity index (χ4v) is 5.25. The highest BCUT2D eigenvalue weighted by Crippen LogP contribution is 2.34. The van der Waals surface area contributed by atoms with Crippen molar-refractivity contribution < 1.29 is 13.5 Å². The van der Waals surface area contributed by atoms with Crippen LogP contribution < -0.4 is 21.3 Å². The van der Waals surface area contributed by atoms with Crippen LogP contribution in [0.5, 0.6) is 5.75 Å². The molecule has 194 valence electrons. The van der Waals surface area contributed by atoms with Crippen LogP contribution in [0.3, 0.4) is 0 Å². The van der Waals surface area contributed by atoms with Gasteiger partial charge in [0.1, 0.15) is 17.4 Å². The molecule has 1 saturated heterocycles. The maximum Gasteiger partial charge on any atom is 0.227 e. The largest absolute Gasteiger partial charge is 0.497 e. The molecule has 1 fully saturated rings. The molecule has 4 N–H and O–H groups in total. The summed E-state index contributed by atoms with van der Waals surface area (Å²) in [6.07, 6.45) is 3.70. The van der Waals surface area contributed by atoms with Gasteiger partial charge in [-0.05, 0) is 44.0 Å². The Balaban J connectivity index is 1.22. The van der Waals surface area contributed by atoms with Crippen molar-refractivity contribution in [1.82, 2.24) is 19.8 Å². The molecular weight excluding hydrogens is 476 g/mol. The lowest BCUT2D eigenvalue weighted by molar-refractivity contribution is 0.102. The summed E-state index contributed by atoms with van der Waals surface area (Å²) in [4.78, 5) is 13.7. The molecule has 2 aliphatic heterocycles. The number of ether oxygens (including phenoxy) is 1. The third kappa shape index (κ3) is 5.21. The standard InChI is InChI=1S/C27H31F2N7O/c1-16-8-22(6-7-36(16)17(2)24-5-4-20(34-30)12-25(24)29)35-14-18-13-31-27(33-26(18)15-35)32-21-9-19(28)10-23(11-21)37-3/h4-5,9-13,16,22,34H,2,6-8,14-15,30H2,1,3H3,(H,31,32,33)/t16-,22-/m1/s1. The van der Waals surface area contributed by atoms with Crippen molar-refractivity contribution in [3.63, 3.8) is 0 Å². The minimum Gasteiger partial charge on any atom is -0.497 e. The van der Waals surface area contributed by atoms with Crippen LogP contribution in [0.15, 0.2) is 49.2 Å². The highest BCUT2D eigenvalue weighted by Gasteiger charge is 2.34. The van der Waals surface area contributed by atoms with Crippen molar-refractivity contribution in [2.45, 2.75) is 44.9 Å². The van der Waals surface area contributed by atoms with E-state index in [1.54, 1.807) is 18.2 Å². The van der Waals surface area contributed by atoms with Crippen molar-refractivity contribution in [2.24, 2.45) is 5.84 Å². The molecule has 5 rings (SSSR count). The number of nitrogens with zero attached hydrogens (tertiary/aromatic N) is 4. The van der Waals surface area contributed by atoms with Crippen molar-refractivity contribution in [1.29, 1.82) is 0 Å². The number of fused-ring (bicyclic) bond motifs is 1. The van der Waals surface area contributed by atoms with Gasteiger partial charge in [-0.15, -0.1) is 0 Å². The lowest BCUT2D eigenvalue weighted by Crippen LogP contribution is -2.46. The van der Waals surface area contributed by atoms with Crippen molar-refractivity contribution in [3.8, 4) is 5.75 Å². The number of hydrazine groups is 1. The van der Waals surface area contributed by atoms with E-state index < -0.39 is 5.82 Å². The van der Waals surface area contributed by atoms with Gasteiger partial charge in [0, 0.05) is 72.6 Å². The highest BCUT2D eigenvalue weighted by atomic mass is 19.1. The molecular formula is C27H31F2N7O. The summed E-state index contributed by atoms with van der Waals surface area (Å²) < 4.78 is 33.6. The van der Waals surface area contributed by atoms with Gasteiger partial charge in [-0.2, -0.15) is 0 Å². The van der Waals surface area contributed by atoms with E-state index in [2.05, 4.69) is 39.0 Å². The first-order valence-electron chi connectivity index (χ1n) is 12.3. The second-order valence-corrected chi connectivity index (χ2v) is 9.58. The van der Waals surface area contributed by atoms with Crippen LogP contribution in [0, 0.1) is 11.6 Å². The molecule has 3 aromatic rings. The van der Waals surface area contributed by atoms with Crippen LogP contribution in [-0.2, 0) is 13.1 Å². The van der Waals surface area contributed by atoms with E-state index in [-0.39, 0.29) is 11.9 Å². The van der Waals surface area contributed by atoms with E-state index in [1.807, 2.05) is 6.20 Å². The number of nitrogen functional groups attached to an aromatic ring is 1. The van der Waals surface area contributed by atoms with Crippen LogP contribution in [0.25, 0.3) is 5.70 Å². The number of halogens is 2. The maximum absolute atomic E-state index is 14.6. The minimum absolute atomic E-state index is 0.202. The van der Waals surface area contributed by atoms with Gasteiger partial charge in [0.15, 0.2) is 0 Å². The predicted octanol–water partition coefficient (Wildman–Crippen LogP) is 4.63. The molecule has 0 spiro atoms. The Labute approximate surface area is 215 Å². The second kappa shape index (κ2) is 10.3. The summed E-state index contributed by atoms with van der Waals surface area (Å²) >= 11 is 0. The number of methoxy groups -OCH3 is 1. The molecule has 2 aliphatic rings. The molecule has 3 heterocycles. The number of anilines is 3. The molecule has 0 radical (unpaired) electrons. The molecule has 8 nitrogen and oxygen atoms in total. The molecule has 37 heavy (non-hydrogen) atoms. The van der Waals surface area contributed by atoms with Gasteiger partial charge in [0.05, 0.1) is 18.5 Å². The van der Waals surface area contributed by atoms with E-state index in [1.165, 1.54) is 25.3 Å². The van der Waals surface area contributed by atoms with Gasteiger partial charge in [-0.25, -0.2) is 18.7 Å². The highest BCUT2D eigenvalue weighted by molar-refractivity contribution is 5.65. The average molecular weight is 508 g/mol. The third-order valence-corrected chi connectivity index (χ3v) is 7.20. The number of piperidine rings is 1. The van der Waals surface area contributed by atoms with Gasteiger partial charge in [-0.1, -0.05) is 6.58 Å². The Morgan fingerprint density at radius 3 is 2.73 bits per heavy atom. The molecule has 10 heteroatoms. The Kier molecular flexibility index (Phi) is 6.94. The molecule has 1 aromatic heterocycles. The zero-order valence-corrected chi connectivity index (χ0v) is 21.0. The van der Waals surface area contributed by atoms with Crippen molar-refractivity contribution in [2.75, 3.05) is 24.4 Å². The average Bonchev–Trinajstić information content (AvgIpc) is 3.31. The van der Waals surface area contributed by atoms with E-state index in [0.717, 1.165) is 43.7 Å². The zero-order valence-electron chi connectivity index (χ0n) is 21.0. The normalized spacial score (nSPS) is 19.4. The van der Waals surface area contributed by atoms with E-state index in [4.69, 9.17) is 15.6 Å². The number of likely N-dealkylation sites (tertiary alicyclic amines) is 1. The molecule has 0 aliphatic carbocycles. The quantitative estimate of drug-likeness (QED) is 0.315. The maximum atomic E-state index is 14.6. The number of rotatable bonds is 7. The molecule has 0 bridgehead atoms. The summed E-state index contributed by atoms with van der Waals surface area (Å²) in [6.45, 7) is 8.64. The van der Waals surface area contributed by atoms with Crippen molar-refractivity contribution >= 4 is 23.0 Å². The van der Waals surface area contributed by atoms with Gasteiger partial charge >= 0.3 is 0 Å². The predicted molar refractivity (Wildman–Crippen MR) is 140 cm³/mol. The Morgan fingerprint density at radius 1 is 1.16 bits per heavy atom. The first kappa shape index (κ1) is 24.9. The number of nitrogens with two attached hydrogens (primary N) is 1.